The first kappa shape index (κ1) is 12.0. The third-order valence-electron chi connectivity index (χ3n) is 3.35. The zero-order valence-electron chi connectivity index (χ0n) is 9.88. The van der Waals surface area contributed by atoms with Gasteiger partial charge < -0.3 is 10.1 Å². The van der Waals surface area contributed by atoms with Crippen LogP contribution in [-0.2, 0) is 4.74 Å². The lowest BCUT2D eigenvalue weighted by molar-refractivity contribution is 0.150. The minimum absolute atomic E-state index is 0.554. The average Bonchev–Trinajstić information content (AvgIpc) is 2.20. The number of hydrogen-bond acceptors (Lipinski definition) is 2. The molecule has 2 heteroatoms. The Bertz CT molecular complexity index is 141. The molecule has 0 amide bonds. The summed E-state index contributed by atoms with van der Waals surface area (Å²) in [5, 5.41) is 3.70. The van der Waals surface area contributed by atoms with E-state index in [1.165, 1.54) is 32.1 Å². The number of methoxy groups -OCH3 is 1. The van der Waals surface area contributed by atoms with Crippen molar-refractivity contribution in [2.24, 2.45) is 5.92 Å². The van der Waals surface area contributed by atoms with Crippen molar-refractivity contribution in [3.63, 3.8) is 0 Å². The molecule has 1 N–H and O–H groups in total. The Morgan fingerprint density at radius 3 is 2.43 bits per heavy atom. The van der Waals surface area contributed by atoms with Crippen LogP contribution in [0.4, 0.5) is 0 Å². The Kier molecular flexibility index (Phi) is 5.49. The molecule has 0 aromatic carbocycles. The molecule has 14 heavy (non-hydrogen) atoms. The average molecular weight is 199 g/mol. The largest absolute Gasteiger partial charge is 0.383 e. The highest BCUT2D eigenvalue weighted by atomic mass is 16.5. The maximum Gasteiger partial charge on any atom is 0.0615 e. The van der Waals surface area contributed by atoms with Crippen LogP contribution in [0.25, 0.3) is 0 Å². The van der Waals surface area contributed by atoms with Gasteiger partial charge in [-0.1, -0.05) is 13.8 Å². The molecule has 1 aliphatic carbocycles. The van der Waals surface area contributed by atoms with Crippen molar-refractivity contribution >= 4 is 0 Å². The van der Waals surface area contributed by atoms with E-state index in [2.05, 4.69) is 19.2 Å². The van der Waals surface area contributed by atoms with Gasteiger partial charge in [0, 0.05) is 19.2 Å². The molecule has 0 radical (unpaired) electrons. The minimum Gasteiger partial charge on any atom is -0.383 e. The summed E-state index contributed by atoms with van der Waals surface area (Å²) in [6, 6.07) is 1.30. The molecular weight excluding hydrogens is 174 g/mol. The van der Waals surface area contributed by atoms with E-state index in [0.29, 0.717) is 6.04 Å². The highest BCUT2D eigenvalue weighted by Crippen LogP contribution is 2.23. The first-order chi connectivity index (χ1) is 6.76. The van der Waals surface area contributed by atoms with Crippen molar-refractivity contribution in [3.05, 3.63) is 0 Å². The number of nitrogens with one attached hydrogen (secondary N) is 1. The van der Waals surface area contributed by atoms with Gasteiger partial charge in [0.2, 0.25) is 0 Å². The molecule has 0 bridgehead atoms. The first-order valence-electron chi connectivity index (χ1n) is 6.01. The predicted molar refractivity (Wildman–Crippen MR) is 60.5 cm³/mol. The lowest BCUT2D eigenvalue weighted by atomic mass is 9.87. The fraction of sp³-hybridized carbons (Fsp3) is 1.00. The summed E-state index contributed by atoms with van der Waals surface area (Å²) in [4.78, 5) is 0. The Morgan fingerprint density at radius 1 is 1.29 bits per heavy atom. The van der Waals surface area contributed by atoms with Gasteiger partial charge >= 0.3 is 0 Å². The molecule has 1 fully saturated rings. The van der Waals surface area contributed by atoms with E-state index in [9.17, 15) is 0 Å². The predicted octanol–water partition coefficient (Wildman–Crippen LogP) is 2.58. The maximum atomic E-state index is 5.20. The van der Waals surface area contributed by atoms with Crippen LogP contribution in [0.1, 0.15) is 46.0 Å². The topological polar surface area (TPSA) is 21.3 Å². The van der Waals surface area contributed by atoms with Gasteiger partial charge in [0.05, 0.1) is 6.61 Å². The molecule has 1 aliphatic rings. The van der Waals surface area contributed by atoms with Crippen molar-refractivity contribution in [3.8, 4) is 0 Å². The quantitative estimate of drug-likeness (QED) is 0.735. The summed E-state index contributed by atoms with van der Waals surface area (Å²) in [5.41, 5.74) is 0. The third-order valence-corrected chi connectivity index (χ3v) is 3.35. The molecule has 1 atom stereocenters. The molecule has 84 valence electrons. The van der Waals surface area contributed by atoms with Crippen LogP contribution in [0, 0.1) is 5.92 Å². The monoisotopic (exact) mass is 199 g/mol. The zero-order chi connectivity index (χ0) is 10.4. The fourth-order valence-electron chi connectivity index (χ4n) is 2.25. The highest BCUT2D eigenvalue weighted by molar-refractivity contribution is 4.78. The Hall–Kier alpha value is -0.0800. The molecular formula is C12H25NO. The summed E-state index contributed by atoms with van der Waals surface area (Å²) in [6.07, 6.45) is 6.64. The minimum atomic E-state index is 0.554. The van der Waals surface area contributed by atoms with Crippen molar-refractivity contribution in [1.82, 2.24) is 5.32 Å². The van der Waals surface area contributed by atoms with Gasteiger partial charge in [-0.25, -0.2) is 0 Å². The molecule has 0 spiro atoms. The van der Waals surface area contributed by atoms with E-state index in [0.717, 1.165) is 18.6 Å². The summed E-state index contributed by atoms with van der Waals surface area (Å²) in [6.45, 7) is 5.44. The number of rotatable bonds is 5. The second-order valence-corrected chi connectivity index (χ2v) is 4.68. The van der Waals surface area contributed by atoms with Crippen LogP contribution in [0.15, 0.2) is 0 Å². The standard InChI is InChI=1S/C12H25NO/c1-4-11(9-14-3)13-12-7-5-10(2)6-8-12/h10-13H,4-9H2,1-3H3. The van der Waals surface area contributed by atoms with Gasteiger partial charge in [-0.15, -0.1) is 0 Å². The molecule has 0 aromatic rings. The van der Waals surface area contributed by atoms with E-state index in [1.54, 1.807) is 7.11 Å². The molecule has 1 saturated carbocycles. The summed E-state index contributed by atoms with van der Waals surface area (Å²) >= 11 is 0. The van der Waals surface area contributed by atoms with E-state index in [4.69, 9.17) is 4.74 Å². The normalized spacial score (nSPS) is 30.2. The van der Waals surface area contributed by atoms with Gasteiger partial charge in [0.25, 0.3) is 0 Å². The van der Waals surface area contributed by atoms with Crippen LogP contribution in [-0.4, -0.2) is 25.8 Å². The van der Waals surface area contributed by atoms with E-state index < -0.39 is 0 Å². The second kappa shape index (κ2) is 6.41. The fourth-order valence-corrected chi connectivity index (χ4v) is 2.25. The van der Waals surface area contributed by atoms with Crippen molar-refractivity contribution < 1.29 is 4.74 Å². The molecule has 2 nitrogen and oxygen atoms in total. The molecule has 1 unspecified atom stereocenters. The van der Waals surface area contributed by atoms with Gasteiger partial charge in [0.1, 0.15) is 0 Å². The number of ether oxygens (including phenoxy) is 1. The van der Waals surface area contributed by atoms with Crippen molar-refractivity contribution in [2.75, 3.05) is 13.7 Å². The van der Waals surface area contributed by atoms with Crippen molar-refractivity contribution in [2.45, 2.75) is 58.0 Å². The molecule has 0 heterocycles. The molecule has 0 saturated heterocycles. The summed E-state index contributed by atoms with van der Waals surface area (Å²) in [5.74, 6) is 0.940. The van der Waals surface area contributed by atoms with E-state index >= 15 is 0 Å². The van der Waals surface area contributed by atoms with Gasteiger partial charge in [-0.2, -0.15) is 0 Å². The SMILES string of the molecule is CCC(COC)NC1CCC(C)CC1. The summed E-state index contributed by atoms with van der Waals surface area (Å²) < 4.78 is 5.20. The van der Waals surface area contributed by atoms with Crippen molar-refractivity contribution in [1.29, 1.82) is 0 Å². The Balaban J connectivity index is 2.21. The van der Waals surface area contributed by atoms with Gasteiger partial charge in [0.15, 0.2) is 0 Å². The van der Waals surface area contributed by atoms with Gasteiger partial charge in [-0.05, 0) is 38.0 Å². The maximum absolute atomic E-state index is 5.20. The zero-order valence-corrected chi connectivity index (χ0v) is 9.88. The number of hydrogen-bond donors (Lipinski definition) is 1. The smallest absolute Gasteiger partial charge is 0.0615 e. The van der Waals surface area contributed by atoms with Gasteiger partial charge in [-0.3, -0.25) is 0 Å². The lowest BCUT2D eigenvalue weighted by Crippen LogP contribution is -2.42. The third kappa shape index (κ3) is 3.97. The second-order valence-electron chi connectivity index (χ2n) is 4.68. The molecule has 1 rings (SSSR count). The summed E-state index contributed by atoms with van der Waals surface area (Å²) in [7, 11) is 1.79. The molecule has 0 aliphatic heterocycles. The van der Waals surface area contributed by atoms with E-state index in [1.807, 2.05) is 0 Å². The van der Waals surface area contributed by atoms with Crippen LogP contribution < -0.4 is 5.32 Å². The Morgan fingerprint density at radius 2 is 1.93 bits per heavy atom. The molecule has 0 aromatic heterocycles. The van der Waals surface area contributed by atoms with Crippen LogP contribution in [0.3, 0.4) is 0 Å². The van der Waals surface area contributed by atoms with E-state index in [-0.39, 0.29) is 0 Å². The first-order valence-corrected chi connectivity index (χ1v) is 6.01. The Labute approximate surface area is 88.4 Å². The lowest BCUT2D eigenvalue weighted by Gasteiger charge is -2.30. The highest BCUT2D eigenvalue weighted by Gasteiger charge is 2.19. The van der Waals surface area contributed by atoms with Crippen LogP contribution in [0.2, 0.25) is 0 Å². The van der Waals surface area contributed by atoms with Crippen LogP contribution in [0.5, 0.6) is 0 Å². The van der Waals surface area contributed by atoms with Crippen LogP contribution >= 0.6 is 0 Å².